The number of fused-ring (bicyclic) bond motifs is 1. The average molecular weight is 293 g/mol. The molecule has 0 bridgehead atoms. The van der Waals surface area contributed by atoms with Crippen molar-refractivity contribution in [1.82, 2.24) is 10.2 Å². The van der Waals surface area contributed by atoms with Gasteiger partial charge in [0.1, 0.15) is 5.58 Å². The fourth-order valence-corrected chi connectivity index (χ4v) is 2.82. The van der Waals surface area contributed by atoms with Gasteiger partial charge in [-0.2, -0.15) is 0 Å². The molecule has 2 heterocycles. The topological polar surface area (TPSA) is 51.0 Å². The molecule has 4 nitrogen and oxygen atoms in total. The number of nitrogens with one attached hydrogen (secondary N) is 1. The molecule has 0 aliphatic rings. The summed E-state index contributed by atoms with van der Waals surface area (Å²) in [7, 11) is 0. The van der Waals surface area contributed by atoms with Crippen LogP contribution in [0.25, 0.3) is 21.7 Å². The Bertz CT molecular complexity index is 850. The summed E-state index contributed by atoms with van der Waals surface area (Å²) in [5, 5.41) is 14.2. The summed E-state index contributed by atoms with van der Waals surface area (Å²) in [6.07, 6.45) is 0. The van der Waals surface area contributed by atoms with Gasteiger partial charge in [0.25, 0.3) is 0 Å². The number of nitrogens with zero attached hydrogens (tertiary/aromatic N) is 2. The van der Waals surface area contributed by atoms with E-state index in [2.05, 4.69) is 15.5 Å². The molecule has 2 aromatic heterocycles. The fraction of sp³-hybridized carbons (Fsp3) is 0. The van der Waals surface area contributed by atoms with Crippen LogP contribution >= 0.6 is 11.3 Å². The third-order valence-electron chi connectivity index (χ3n) is 3.09. The van der Waals surface area contributed by atoms with Crippen LogP contribution in [0.1, 0.15) is 0 Å². The second kappa shape index (κ2) is 5.03. The summed E-state index contributed by atoms with van der Waals surface area (Å²) >= 11 is 1.47. The predicted molar refractivity (Wildman–Crippen MR) is 84.8 cm³/mol. The van der Waals surface area contributed by atoms with Crippen molar-refractivity contribution in [2.75, 3.05) is 5.32 Å². The quantitative estimate of drug-likeness (QED) is 0.595. The molecule has 0 radical (unpaired) electrons. The third-order valence-corrected chi connectivity index (χ3v) is 3.94. The highest BCUT2D eigenvalue weighted by Crippen LogP contribution is 2.32. The Morgan fingerprint density at radius 1 is 0.905 bits per heavy atom. The smallest absolute Gasteiger partial charge is 0.210 e. The zero-order valence-electron chi connectivity index (χ0n) is 11.0. The second-order valence-electron chi connectivity index (χ2n) is 4.55. The van der Waals surface area contributed by atoms with Crippen molar-refractivity contribution >= 4 is 33.1 Å². The molecule has 0 unspecified atom stereocenters. The van der Waals surface area contributed by atoms with E-state index >= 15 is 0 Å². The van der Waals surface area contributed by atoms with Gasteiger partial charge in [0.2, 0.25) is 5.13 Å². The Morgan fingerprint density at radius 3 is 2.57 bits per heavy atom. The largest absolute Gasteiger partial charge is 0.453 e. The van der Waals surface area contributed by atoms with Gasteiger partial charge >= 0.3 is 0 Å². The average Bonchev–Trinajstić information content (AvgIpc) is 3.14. The van der Waals surface area contributed by atoms with E-state index < -0.39 is 0 Å². The predicted octanol–water partition coefficient (Wildman–Crippen LogP) is 4.69. The lowest BCUT2D eigenvalue weighted by Gasteiger charge is -1.99. The van der Waals surface area contributed by atoms with Crippen molar-refractivity contribution in [2.24, 2.45) is 0 Å². The molecule has 0 spiro atoms. The van der Waals surface area contributed by atoms with Crippen LogP contribution in [0.2, 0.25) is 0 Å². The van der Waals surface area contributed by atoms with Crippen molar-refractivity contribution < 1.29 is 4.42 Å². The SMILES string of the molecule is c1ccc(Nc2nnc(-c3cc4ccccc4o3)s2)cc1. The lowest BCUT2D eigenvalue weighted by atomic mass is 10.2. The Morgan fingerprint density at radius 2 is 1.71 bits per heavy atom. The van der Waals surface area contributed by atoms with Crippen molar-refractivity contribution in [3.05, 3.63) is 60.7 Å². The molecule has 0 atom stereocenters. The number of hydrogen-bond donors (Lipinski definition) is 1. The van der Waals surface area contributed by atoms with Crippen LogP contribution < -0.4 is 5.32 Å². The molecule has 2 aromatic carbocycles. The van der Waals surface area contributed by atoms with E-state index in [0.29, 0.717) is 0 Å². The molecule has 0 amide bonds. The maximum atomic E-state index is 5.80. The van der Waals surface area contributed by atoms with Crippen molar-refractivity contribution in [2.45, 2.75) is 0 Å². The van der Waals surface area contributed by atoms with E-state index in [1.54, 1.807) is 0 Å². The highest BCUT2D eigenvalue weighted by molar-refractivity contribution is 7.18. The number of aromatic nitrogens is 2. The first-order valence-electron chi connectivity index (χ1n) is 6.53. The second-order valence-corrected chi connectivity index (χ2v) is 5.53. The van der Waals surface area contributed by atoms with Gasteiger partial charge in [-0.1, -0.05) is 47.7 Å². The van der Waals surface area contributed by atoms with Crippen LogP contribution in [0, 0.1) is 0 Å². The van der Waals surface area contributed by atoms with Crippen LogP contribution in [-0.2, 0) is 0 Å². The highest BCUT2D eigenvalue weighted by Gasteiger charge is 2.11. The van der Waals surface area contributed by atoms with Gasteiger partial charge in [-0.05, 0) is 24.3 Å². The molecule has 0 aliphatic heterocycles. The lowest BCUT2D eigenvalue weighted by Crippen LogP contribution is -1.87. The molecule has 0 fully saturated rings. The number of hydrogen-bond acceptors (Lipinski definition) is 5. The molecule has 21 heavy (non-hydrogen) atoms. The number of para-hydroxylation sites is 2. The molecule has 4 rings (SSSR count). The first-order chi connectivity index (χ1) is 10.4. The molecule has 1 N–H and O–H groups in total. The summed E-state index contributed by atoms with van der Waals surface area (Å²) in [4.78, 5) is 0. The summed E-state index contributed by atoms with van der Waals surface area (Å²) in [6.45, 7) is 0. The number of anilines is 2. The number of rotatable bonds is 3. The van der Waals surface area contributed by atoms with Crippen LogP contribution in [0.4, 0.5) is 10.8 Å². The Labute approximate surface area is 125 Å². The molecule has 4 aromatic rings. The molecular weight excluding hydrogens is 282 g/mol. The van der Waals surface area contributed by atoms with Gasteiger partial charge in [0.05, 0.1) is 0 Å². The van der Waals surface area contributed by atoms with Gasteiger partial charge in [-0.15, -0.1) is 10.2 Å². The molecule has 102 valence electrons. The van der Waals surface area contributed by atoms with E-state index in [1.165, 1.54) is 11.3 Å². The summed E-state index contributed by atoms with van der Waals surface area (Å²) < 4.78 is 5.80. The third kappa shape index (κ3) is 2.39. The van der Waals surface area contributed by atoms with E-state index in [-0.39, 0.29) is 0 Å². The van der Waals surface area contributed by atoms with Gasteiger partial charge < -0.3 is 9.73 Å². The van der Waals surface area contributed by atoms with Gasteiger partial charge in [-0.25, -0.2) is 0 Å². The number of benzene rings is 2. The zero-order valence-corrected chi connectivity index (χ0v) is 11.8. The van der Waals surface area contributed by atoms with Crippen molar-refractivity contribution in [3.8, 4) is 10.8 Å². The molecule has 0 saturated carbocycles. The molecule has 0 aliphatic carbocycles. The Hall–Kier alpha value is -2.66. The minimum absolute atomic E-state index is 0.745. The molecule has 5 heteroatoms. The monoisotopic (exact) mass is 293 g/mol. The van der Waals surface area contributed by atoms with Crippen LogP contribution in [0.15, 0.2) is 65.1 Å². The molecular formula is C16H11N3OS. The number of furan rings is 1. The Balaban J connectivity index is 1.64. The normalized spacial score (nSPS) is 10.9. The summed E-state index contributed by atoms with van der Waals surface area (Å²) in [5.41, 5.74) is 1.85. The minimum Gasteiger partial charge on any atom is -0.453 e. The fourth-order valence-electron chi connectivity index (χ4n) is 2.11. The highest BCUT2D eigenvalue weighted by atomic mass is 32.1. The van der Waals surface area contributed by atoms with Gasteiger partial charge in [0, 0.05) is 11.1 Å². The van der Waals surface area contributed by atoms with Crippen molar-refractivity contribution in [3.63, 3.8) is 0 Å². The zero-order chi connectivity index (χ0) is 14.1. The Kier molecular flexibility index (Phi) is 2.90. The van der Waals surface area contributed by atoms with Crippen LogP contribution in [-0.4, -0.2) is 10.2 Å². The maximum absolute atomic E-state index is 5.80. The van der Waals surface area contributed by atoms with Crippen molar-refractivity contribution in [1.29, 1.82) is 0 Å². The van der Waals surface area contributed by atoms with E-state index in [4.69, 9.17) is 4.42 Å². The molecule has 0 saturated heterocycles. The summed E-state index contributed by atoms with van der Waals surface area (Å²) in [6, 6.07) is 19.8. The lowest BCUT2D eigenvalue weighted by molar-refractivity contribution is 0.630. The van der Waals surface area contributed by atoms with Gasteiger partial charge in [-0.3, -0.25) is 0 Å². The standard InChI is InChI=1S/C16H11N3OS/c1-2-7-12(8-3-1)17-16-19-18-15(21-16)14-10-11-6-4-5-9-13(11)20-14/h1-10H,(H,17,19). The van der Waals surface area contributed by atoms with E-state index in [1.807, 2.05) is 60.7 Å². The van der Waals surface area contributed by atoms with E-state index in [9.17, 15) is 0 Å². The van der Waals surface area contributed by atoms with Crippen LogP contribution in [0.5, 0.6) is 0 Å². The van der Waals surface area contributed by atoms with E-state index in [0.717, 1.165) is 32.6 Å². The summed E-state index contributed by atoms with van der Waals surface area (Å²) in [5.74, 6) is 0.745. The van der Waals surface area contributed by atoms with Gasteiger partial charge in [0.15, 0.2) is 10.8 Å². The minimum atomic E-state index is 0.745. The first-order valence-corrected chi connectivity index (χ1v) is 7.35. The van der Waals surface area contributed by atoms with Crippen LogP contribution in [0.3, 0.4) is 0 Å². The maximum Gasteiger partial charge on any atom is 0.210 e. The first kappa shape index (κ1) is 12.1.